The van der Waals surface area contributed by atoms with Gasteiger partial charge >= 0.3 is 5.97 Å². The number of rotatable bonds is 10. The second kappa shape index (κ2) is 9.21. The number of carbonyl (C=O) groups excluding carboxylic acids is 1. The maximum absolute atomic E-state index is 12.5. The molecule has 1 aliphatic rings. The SMILES string of the molecule is CCOc1cc(C(=O)NC(CC2CC2)C(=O)O)ccc1OCc1cccnc1. The predicted molar refractivity (Wildman–Crippen MR) is 102 cm³/mol. The van der Waals surface area contributed by atoms with Crippen molar-refractivity contribution in [3.63, 3.8) is 0 Å². The Bertz CT molecular complexity index is 821. The van der Waals surface area contributed by atoms with Crippen molar-refractivity contribution in [2.75, 3.05) is 6.61 Å². The second-order valence-corrected chi connectivity index (χ2v) is 6.79. The average Bonchev–Trinajstić information content (AvgIpc) is 3.51. The molecule has 0 bridgehead atoms. The number of nitrogens with zero attached hydrogens (tertiary/aromatic N) is 1. The first-order chi connectivity index (χ1) is 13.6. The van der Waals surface area contributed by atoms with Gasteiger partial charge in [0.1, 0.15) is 12.6 Å². The van der Waals surface area contributed by atoms with E-state index in [4.69, 9.17) is 9.47 Å². The summed E-state index contributed by atoms with van der Waals surface area (Å²) in [5.41, 5.74) is 1.25. The van der Waals surface area contributed by atoms with Crippen LogP contribution >= 0.6 is 0 Å². The number of aromatic nitrogens is 1. The molecule has 1 saturated carbocycles. The van der Waals surface area contributed by atoms with Crippen molar-refractivity contribution in [3.8, 4) is 11.5 Å². The maximum Gasteiger partial charge on any atom is 0.326 e. The average molecular weight is 384 g/mol. The molecule has 1 unspecified atom stereocenters. The molecule has 1 amide bonds. The molecule has 0 spiro atoms. The Morgan fingerprint density at radius 3 is 2.71 bits per heavy atom. The highest BCUT2D eigenvalue weighted by Crippen LogP contribution is 2.34. The standard InChI is InChI=1S/C21H24N2O5/c1-2-27-19-11-16(20(24)23-17(21(25)26)10-14-5-6-14)7-8-18(19)28-13-15-4-3-9-22-12-15/h3-4,7-9,11-12,14,17H,2,5-6,10,13H2,1H3,(H,23,24)(H,25,26). The normalized spacial score (nSPS) is 14.2. The fraction of sp³-hybridized carbons (Fsp3) is 0.381. The Morgan fingerprint density at radius 2 is 2.07 bits per heavy atom. The van der Waals surface area contributed by atoms with Gasteiger partial charge in [0.05, 0.1) is 6.61 Å². The molecule has 3 rings (SSSR count). The summed E-state index contributed by atoms with van der Waals surface area (Å²) < 4.78 is 11.4. The Balaban J connectivity index is 1.69. The summed E-state index contributed by atoms with van der Waals surface area (Å²) in [6.45, 7) is 2.57. The molecule has 7 nitrogen and oxygen atoms in total. The molecule has 0 radical (unpaired) electrons. The van der Waals surface area contributed by atoms with E-state index in [1.165, 1.54) is 0 Å². The van der Waals surface area contributed by atoms with Gasteiger partial charge in [-0.2, -0.15) is 0 Å². The van der Waals surface area contributed by atoms with Crippen molar-refractivity contribution in [1.82, 2.24) is 10.3 Å². The number of carboxylic acid groups (broad SMARTS) is 1. The van der Waals surface area contributed by atoms with E-state index in [0.717, 1.165) is 18.4 Å². The van der Waals surface area contributed by atoms with E-state index in [2.05, 4.69) is 10.3 Å². The Morgan fingerprint density at radius 1 is 1.25 bits per heavy atom. The Hall–Kier alpha value is -3.09. The Kier molecular flexibility index (Phi) is 6.47. The van der Waals surface area contributed by atoms with Crippen LogP contribution in [-0.4, -0.2) is 34.6 Å². The number of hydrogen-bond donors (Lipinski definition) is 2. The zero-order chi connectivity index (χ0) is 19.9. The van der Waals surface area contributed by atoms with Crippen molar-refractivity contribution in [3.05, 3.63) is 53.9 Å². The number of aliphatic carboxylic acids is 1. The minimum atomic E-state index is -1.01. The quantitative estimate of drug-likeness (QED) is 0.653. The van der Waals surface area contributed by atoms with Gasteiger partial charge in [-0.25, -0.2) is 4.79 Å². The maximum atomic E-state index is 12.5. The molecule has 2 aromatic rings. The number of hydrogen-bond acceptors (Lipinski definition) is 5. The van der Waals surface area contributed by atoms with Gasteiger partial charge in [0.15, 0.2) is 11.5 Å². The van der Waals surface area contributed by atoms with Crippen LogP contribution in [0.25, 0.3) is 0 Å². The zero-order valence-corrected chi connectivity index (χ0v) is 15.8. The molecule has 28 heavy (non-hydrogen) atoms. The molecule has 0 saturated heterocycles. The van der Waals surface area contributed by atoms with E-state index >= 15 is 0 Å². The minimum Gasteiger partial charge on any atom is -0.490 e. The lowest BCUT2D eigenvalue weighted by Crippen LogP contribution is -2.41. The topological polar surface area (TPSA) is 97.8 Å². The number of ether oxygens (including phenoxy) is 2. The molecule has 1 fully saturated rings. The van der Waals surface area contributed by atoms with Crippen molar-refractivity contribution in [1.29, 1.82) is 0 Å². The molecule has 1 atom stereocenters. The fourth-order valence-electron chi connectivity index (χ4n) is 2.83. The summed E-state index contributed by atoms with van der Waals surface area (Å²) in [4.78, 5) is 28.0. The second-order valence-electron chi connectivity index (χ2n) is 6.79. The highest BCUT2D eigenvalue weighted by Gasteiger charge is 2.30. The van der Waals surface area contributed by atoms with E-state index in [9.17, 15) is 14.7 Å². The molecular weight excluding hydrogens is 360 g/mol. The van der Waals surface area contributed by atoms with Gasteiger partial charge in [0.25, 0.3) is 5.91 Å². The minimum absolute atomic E-state index is 0.321. The van der Waals surface area contributed by atoms with Gasteiger partial charge in [0.2, 0.25) is 0 Å². The largest absolute Gasteiger partial charge is 0.490 e. The lowest BCUT2D eigenvalue weighted by atomic mass is 10.1. The highest BCUT2D eigenvalue weighted by atomic mass is 16.5. The number of benzene rings is 1. The molecule has 1 aliphatic carbocycles. The smallest absolute Gasteiger partial charge is 0.326 e. The summed E-state index contributed by atoms with van der Waals surface area (Å²) in [5.74, 6) is -0.110. The first kappa shape index (κ1) is 19.7. The van der Waals surface area contributed by atoms with Crippen LogP contribution in [0.1, 0.15) is 42.1 Å². The molecule has 7 heteroatoms. The van der Waals surface area contributed by atoms with Crippen molar-refractivity contribution in [2.45, 2.75) is 38.8 Å². The summed E-state index contributed by atoms with van der Waals surface area (Å²) in [6, 6.07) is 7.70. The van der Waals surface area contributed by atoms with E-state index in [0.29, 0.717) is 42.6 Å². The van der Waals surface area contributed by atoms with E-state index in [1.807, 2.05) is 19.1 Å². The summed E-state index contributed by atoms with van der Waals surface area (Å²) >= 11 is 0. The number of pyridine rings is 1. The molecule has 1 heterocycles. The van der Waals surface area contributed by atoms with Crippen LogP contribution in [0.5, 0.6) is 11.5 Å². The van der Waals surface area contributed by atoms with Gasteiger partial charge < -0.3 is 19.9 Å². The van der Waals surface area contributed by atoms with Crippen LogP contribution < -0.4 is 14.8 Å². The molecular formula is C21H24N2O5. The van der Waals surface area contributed by atoms with Gasteiger partial charge in [-0.15, -0.1) is 0 Å². The lowest BCUT2D eigenvalue weighted by Gasteiger charge is -2.16. The van der Waals surface area contributed by atoms with Gasteiger partial charge in [-0.05, 0) is 43.5 Å². The Labute approximate surface area is 163 Å². The molecule has 0 aliphatic heterocycles. The third kappa shape index (κ3) is 5.45. The number of nitrogens with one attached hydrogen (secondary N) is 1. The number of amides is 1. The fourth-order valence-corrected chi connectivity index (χ4v) is 2.83. The van der Waals surface area contributed by atoms with E-state index in [-0.39, 0.29) is 0 Å². The number of carboxylic acids is 1. The van der Waals surface area contributed by atoms with E-state index in [1.54, 1.807) is 30.6 Å². The molecule has 148 valence electrons. The van der Waals surface area contributed by atoms with Crippen molar-refractivity contribution < 1.29 is 24.2 Å². The van der Waals surface area contributed by atoms with Crippen LogP contribution in [-0.2, 0) is 11.4 Å². The lowest BCUT2D eigenvalue weighted by molar-refractivity contribution is -0.139. The third-order valence-electron chi connectivity index (χ3n) is 4.49. The molecule has 1 aromatic carbocycles. The first-order valence-corrected chi connectivity index (χ1v) is 9.39. The zero-order valence-electron chi connectivity index (χ0n) is 15.8. The van der Waals surface area contributed by atoms with Crippen LogP contribution in [0.2, 0.25) is 0 Å². The van der Waals surface area contributed by atoms with Gasteiger partial charge in [-0.1, -0.05) is 18.9 Å². The van der Waals surface area contributed by atoms with Crippen LogP contribution in [0.15, 0.2) is 42.7 Å². The highest BCUT2D eigenvalue weighted by molar-refractivity contribution is 5.97. The van der Waals surface area contributed by atoms with Crippen LogP contribution in [0.3, 0.4) is 0 Å². The van der Waals surface area contributed by atoms with Crippen LogP contribution in [0, 0.1) is 5.92 Å². The first-order valence-electron chi connectivity index (χ1n) is 9.39. The summed E-state index contributed by atoms with van der Waals surface area (Å²) in [6.07, 6.45) is 5.92. The monoisotopic (exact) mass is 384 g/mol. The molecule has 1 aromatic heterocycles. The predicted octanol–water partition coefficient (Wildman–Crippen LogP) is 3.04. The van der Waals surface area contributed by atoms with Crippen LogP contribution in [0.4, 0.5) is 0 Å². The summed E-state index contributed by atoms with van der Waals surface area (Å²) in [5, 5.41) is 11.9. The van der Waals surface area contributed by atoms with Gasteiger partial charge in [0, 0.05) is 23.5 Å². The molecule has 2 N–H and O–H groups in total. The van der Waals surface area contributed by atoms with Gasteiger partial charge in [-0.3, -0.25) is 9.78 Å². The van der Waals surface area contributed by atoms with Crippen molar-refractivity contribution in [2.24, 2.45) is 5.92 Å². The summed E-state index contributed by atoms with van der Waals surface area (Å²) in [7, 11) is 0. The number of carbonyl (C=O) groups is 2. The van der Waals surface area contributed by atoms with Crippen molar-refractivity contribution >= 4 is 11.9 Å². The third-order valence-corrected chi connectivity index (χ3v) is 4.49. The van der Waals surface area contributed by atoms with E-state index < -0.39 is 17.9 Å².